The molecule has 0 radical (unpaired) electrons. The van der Waals surface area contributed by atoms with Gasteiger partial charge >= 0.3 is 0 Å². The van der Waals surface area contributed by atoms with Crippen LogP contribution in [0.1, 0.15) is 51.6 Å². The van der Waals surface area contributed by atoms with Crippen molar-refractivity contribution in [2.75, 3.05) is 25.5 Å². The number of aromatic nitrogens is 1. The van der Waals surface area contributed by atoms with E-state index < -0.39 is 0 Å². The van der Waals surface area contributed by atoms with Crippen molar-refractivity contribution in [3.8, 4) is 0 Å². The van der Waals surface area contributed by atoms with Gasteiger partial charge in [-0.15, -0.1) is 11.3 Å². The molecule has 2 atom stereocenters. The Morgan fingerprint density at radius 2 is 2.22 bits per heavy atom. The lowest BCUT2D eigenvalue weighted by Crippen LogP contribution is -2.45. The number of anilines is 1. The molecular formula is C17H31N5S. The first kappa shape index (κ1) is 18.0. The van der Waals surface area contributed by atoms with Crippen molar-refractivity contribution in [1.82, 2.24) is 15.6 Å². The van der Waals surface area contributed by atoms with E-state index in [1.165, 1.54) is 32.1 Å². The predicted octanol–water partition coefficient (Wildman–Crippen LogP) is 3.23. The van der Waals surface area contributed by atoms with Crippen molar-refractivity contribution in [3.05, 3.63) is 11.1 Å². The number of aliphatic imine (C=N–C) groups is 1. The second kappa shape index (κ2) is 9.11. The summed E-state index contributed by atoms with van der Waals surface area (Å²) in [6, 6.07) is 0.555. The van der Waals surface area contributed by atoms with Gasteiger partial charge in [0, 0.05) is 32.1 Å². The van der Waals surface area contributed by atoms with Crippen LogP contribution in [0.2, 0.25) is 0 Å². The smallest absolute Gasteiger partial charge is 0.191 e. The van der Waals surface area contributed by atoms with Gasteiger partial charge in [0.1, 0.15) is 0 Å². The van der Waals surface area contributed by atoms with Crippen molar-refractivity contribution in [1.29, 1.82) is 0 Å². The second-order valence-electron chi connectivity index (χ2n) is 6.49. The van der Waals surface area contributed by atoms with Crippen LogP contribution < -0.4 is 15.5 Å². The third kappa shape index (κ3) is 5.68. The lowest BCUT2D eigenvalue weighted by atomic mass is 9.84. The van der Waals surface area contributed by atoms with E-state index in [2.05, 4.69) is 34.8 Å². The summed E-state index contributed by atoms with van der Waals surface area (Å²) in [5.41, 5.74) is 1.03. The average Bonchev–Trinajstić information content (AvgIpc) is 3.02. The molecule has 0 bridgehead atoms. The third-order valence-corrected chi connectivity index (χ3v) is 5.42. The highest BCUT2D eigenvalue weighted by Gasteiger charge is 2.21. The van der Waals surface area contributed by atoms with Gasteiger partial charge in [0.25, 0.3) is 0 Å². The quantitative estimate of drug-likeness (QED) is 0.618. The highest BCUT2D eigenvalue weighted by Crippen LogP contribution is 2.26. The molecule has 2 N–H and O–H groups in total. The average molecular weight is 338 g/mol. The number of nitrogens with one attached hydrogen (secondary N) is 2. The molecule has 5 nitrogen and oxygen atoms in total. The zero-order valence-electron chi connectivity index (χ0n) is 14.9. The Balaban J connectivity index is 1.93. The summed E-state index contributed by atoms with van der Waals surface area (Å²) >= 11 is 1.67. The Kier molecular flexibility index (Phi) is 7.15. The van der Waals surface area contributed by atoms with Crippen LogP contribution in [-0.2, 0) is 6.54 Å². The zero-order valence-corrected chi connectivity index (χ0v) is 15.7. The monoisotopic (exact) mass is 337 g/mol. The molecule has 1 saturated carbocycles. The van der Waals surface area contributed by atoms with Crippen LogP contribution in [0.4, 0.5) is 5.13 Å². The zero-order chi connectivity index (χ0) is 16.7. The van der Waals surface area contributed by atoms with Crippen LogP contribution >= 0.6 is 11.3 Å². The van der Waals surface area contributed by atoms with E-state index in [1.807, 2.05) is 19.0 Å². The molecule has 0 aliphatic heterocycles. The van der Waals surface area contributed by atoms with Crippen LogP contribution in [0, 0.1) is 5.92 Å². The molecule has 1 aromatic rings. The predicted molar refractivity (Wildman–Crippen MR) is 100 cm³/mol. The van der Waals surface area contributed by atoms with Gasteiger partial charge in [-0.2, -0.15) is 0 Å². The minimum Gasteiger partial charge on any atom is -0.357 e. The van der Waals surface area contributed by atoms with E-state index in [4.69, 9.17) is 4.99 Å². The summed E-state index contributed by atoms with van der Waals surface area (Å²) in [6.45, 7) is 5.93. The number of thiazole rings is 1. The maximum Gasteiger partial charge on any atom is 0.191 e. The molecule has 2 rings (SSSR count). The van der Waals surface area contributed by atoms with Gasteiger partial charge in [-0.3, -0.25) is 0 Å². The molecule has 1 heterocycles. The number of hydrogen-bond acceptors (Lipinski definition) is 4. The molecule has 0 spiro atoms. The van der Waals surface area contributed by atoms with Gasteiger partial charge in [0.15, 0.2) is 11.1 Å². The largest absolute Gasteiger partial charge is 0.357 e. The molecule has 130 valence electrons. The summed E-state index contributed by atoms with van der Waals surface area (Å²) in [7, 11) is 4.04. The van der Waals surface area contributed by atoms with E-state index in [1.54, 1.807) is 11.3 Å². The van der Waals surface area contributed by atoms with E-state index in [9.17, 15) is 0 Å². The number of hydrogen-bond donors (Lipinski definition) is 2. The lowest BCUT2D eigenvalue weighted by Gasteiger charge is -2.30. The van der Waals surface area contributed by atoms with Gasteiger partial charge in [-0.25, -0.2) is 9.98 Å². The first-order valence-corrected chi connectivity index (χ1v) is 9.66. The van der Waals surface area contributed by atoms with Gasteiger partial charge in [-0.1, -0.05) is 26.2 Å². The number of guanidine groups is 1. The fraction of sp³-hybridized carbons (Fsp3) is 0.765. The van der Waals surface area contributed by atoms with Crippen molar-refractivity contribution in [2.24, 2.45) is 10.9 Å². The highest BCUT2D eigenvalue weighted by molar-refractivity contribution is 7.13. The van der Waals surface area contributed by atoms with E-state index >= 15 is 0 Å². The summed E-state index contributed by atoms with van der Waals surface area (Å²) in [4.78, 5) is 11.4. The van der Waals surface area contributed by atoms with Gasteiger partial charge < -0.3 is 15.5 Å². The first-order chi connectivity index (χ1) is 11.1. The van der Waals surface area contributed by atoms with E-state index in [0.717, 1.165) is 29.2 Å². The molecule has 1 fully saturated rings. The summed E-state index contributed by atoms with van der Waals surface area (Å²) < 4.78 is 0. The maximum atomic E-state index is 4.72. The molecule has 1 aliphatic rings. The third-order valence-electron chi connectivity index (χ3n) is 4.37. The Morgan fingerprint density at radius 1 is 1.39 bits per heavy atom. The van der Waals surface area contributed by atoms with Gasteiger partial charge in [-0.05, 0) is 25.7 Å². The topological polar surface area (TPSA) is 52.6 Å². The van der Waals surface area contributed by atoms with Crippen molar-refractivity contribution >= 4 is 22.4 Å². The summed E-state index contributed by atoms with van der Waals surface area (Å²) in [6.07, 6.45) is 6.52. The van der Waals surface area contributed by atoms with Crippen LogP contribution in [0.5, 0.6) is 0 Å². The Hall–Kier alpha value is -1.30. The molecule has 2 unspecified atom stereocenters. The minimum atomic E-state index is 0.555. The fourth-order valence-electron chi connectivity index (χ4n) is 3.04. The Labute approximate surface area is 144 Å². The standard InChI is InChI=1S/C17H31N5S/c1-5-13-8-7-9-14(10-13)20-16(18-6-2)19-11-15-12-23-17(21-15)22(3)4/h12-14H,5-11H2,1-4H3,(H2,18,19,20). The van der Waals surface area contributed by atoms with Crippen LogP contribution in [0.25, 0.3) is 0 Å². The van der Waals surface area contributed by atoms with Crippen molar-refractivity contribution in [3.63, 3.8) is 0 Å². The summed E-state index contributed by atoms with van der Waals surface area (Å²) in [5, 5.41) is 10.1. The normalized spacial score (nSPS) is 22.0. The van der Waals surface area contributed by atoms with Crippen LogP contribution in [0.15, 0.2) is 10.4 Å². The van der Waals surface area contributed by atoms with Gasteiger partial charge in [0.05, 0.1) is 12.2 Å². The van der Waals surface area contributed by atoms with Crippen molar-refractivity contribution in [2.45, 2.75) is 58.5 Å². The Morgan fingerprint density at radius 3 is 2.87 bits per heavy atom. The minimum absolute atomic E-state index is 0.555. The number of nitrogens with zero attached hydrogens (tertiary/aromatic N) is 3. The van der Waals surface area contributed by atoms with Gasteiger partial charge in [0.2, 0.25) is 0 Å². The van der Waals surface area contributed by atoms with E-state index in [0.29, 0.717) is 12.6 Å². The maximum absolute atomic E-state index is 4.72. The molecule has 6 heteroatoms. The lowest BCUT2D eigenvalue weighted by molar-refractivity contribution is 0.298. The van der Waals surface area contributed by atoms with E-state index in [-0.39, 0.29) is 0 Å². The molecule has 0 aromatic carbocycles. The van der Waals surface area contributed by atoms with Crippen molar-refractivity contribution < 1.29 is 0 Å². The second-order valence-corrected chi connectivity index (χ2v) is 7.33. The SMILES string of the molecule is CCNC(=NCc1csc(N(C)C)n1)NC1CCCC(CC)C1. The van der Waals surface area contributed by atoms with Crippen LogP contribution in [0.3, 0.4) is 0 Å². The fourth-order valence-corrected chi connectivity index (χ4v) is 3.79. The molecule has 23 heavy (non-hydrogen) atoms. The molecule has 1 aliphatic carbocycles. The molecule has 0 saturated heterocycles. The molecule has 1 aromatic heterocycles. The highest BCUT2D eigenvalue weighted by atomic mass is 32.1. The van der Waals surface area contributed by atoms with Crippen LogP contribution in [-0.4, -0.2) is 37.6 Å². The first-order valence-electron chi connectivity index (χ1n) is 8.78. The molecule has 0 amide bonds. The molecular weight excluding hydrogens is 306 g/mol. The summed E-state index contributed by atoms with van der Waals surface area (Å²) in [5.74, 6) is 1.79. The number of rotatable bonds is 6. The Bertz CT molecular complexity index is 497.